The summed E-state index contributed by atoms with van der Waals surface area (Å²) in [7, 11) is 1.60. The van der Waals surface area contributed by atoms with Crippen molar-refractivity contribution in [2.45, 2.75) is 39.2 Å². The summed E-state index contributed by atoms with van der Waals surface area (Å²) in [4.78, 5) is 23.4. The lowest BCUT2D eigenvalue weighted by Crippen LogP contribution is -2.25. The Hall–Kier alpha value is -1.88. The van der Waals surface area contributed by atoms with E-state index in [1.54, 1.807) is 7.05 Å². The lowest BCUT2D eigenvalue weighted by atomic mass is 10.1. The molecule has 0 saturated carbocycles. The highest BCUT2D eigenvalue weighted by Gasteiger charge is 2.09. The number of likely N-dealkylation sites (N-methyl/N-ethyl adjacent to an activating group) is 1. The van der Waals surface area contributed by atoms with Gasteiger partial charge in [0.1, 0.15) is 0 Å². The molecule has 5 heteroatoms. The summed E-state index contributed by atoms with van der Waals surface area (Å²) < 4.78 is 0. The Bertz CT molecular complexity index is 472. The Morgan fingerprint density at radius 3 is 2.52 bits per heavy atom. The maximum atomic E-state index is 11.9. The van der Waals surface area contributed by atoms with Gasteiger partial charge in [-0.05, 0) is 24.6 Å². The van der Waals surface area contributed by atoms with Crippen LogP contribution in [0.5, 0.6) is 0 Å². The summed E-state index contributed by atoms with van der Waals surface area (Å²) in [5, 5.41) is 8.74. The topological polar surface area (TPSA) is 70.2 Å². The molecule has 1 rings (SSSR count). The first-order valence-corrected chi connectivity index (χ1v) is 7.34. The molecule has 0 aliphatic heterocycles. The van der Waals surface area contributed by atoms with Crippen LogP contribution in [-0.4, -0.2) is 31.4 Å². The molecule has 0 spiro atoms. The van der Waals surface area contributed by atoms with E-state index in [1.807, 2.05) is 24.3 Å². The van der Waals surface area contributed by atoms with Gasteiger partial charge < -0.3 is 16.0 Å². The van der Waals surface area contributed by atoms with Gasteiger partial charge in [0.05, 0.1) is 6.42 Å². The number of para-hydroxylation sites is 1. The van der Waals surface area contributed by atoms with Gasteiger partial charge in [-0.2, -0.15) is 0 Å². The van der Waals surface area contributed by atoms with Gasteiger partial charge in [0.2, 0.25) is 11.8 Å². The second kappa shape index (κ2) is 9.13. The number of carbonyl (C=O) groups is 2. The summed E-state index contributed by atoms with van der Waals surface area (Å²) in [5.74, 6) is -0.0947. The number of carbonyl (C=O) groups excluding carboxylic acids is 2. The predicted octanol–water partition coefficient (Wildman–Crippen LogP) is 1.69. The molecule has 0 atom stereocenters. The normalized spacial score (nSPS) is 10.5. The maximum Gasteiger partial charge on any atom is 0.224 e. The van der Waals surface area contributed by atoms with Gasteiger partial charge in [-0.3, -0.25) is 9.59 Å². The summed E-state index contributed by atoms with van der Waals surface area (Å²) in [6.45, 7) is 4.98. The van der Waals surface area contributed by atoms with Crippen molar-refractivity contribution in [3.63, 3.8) is 0 Å². The van der Waals surface area contributed by atoms with E-state index < -0.39 is 0 Å². The fourth-order valence-corrected chi connectivity index (χ4v) is 1.91. The molecule has 0 aliphatic rings. The molecule has 0 heterocycles. The third-order valence-electron chi connectivity index (χ3n) is 3.05. The molecule has 0 saturated heterocycles. The van der Waals surface area contributed by atoms with Crippen LogP contribution in [0.25, 0.3) is 0 Å². The summed E-state index contributed by atoms with van der Waals surface area (Å²) in [5.41, 5.74) is 1.54. The Kier molecular flexibility index (Phi) is 7.46. The Balaban J connectivity index is 2.50. The van der Waals surface area contributed by atoms with Crippen molar-refractivity contribution in [2.24, 2.45) is 0 Å². The fraction of sp³-hybridized carbons (Fsp3) is 0.500. The minimum Gasteiger partial charge on any atom is -0.359 e. The first-order chi connectivity index (χ1) is 10.0. The number of benzene rings is 1. The standard InChI is InChI=1S/C16H25N3O2/c1-12(2)18-10-6-9-15(20)19-14-8-5-4-7-13(14)11-16(21)17-3/h4-5,7-8,12,18H,6,9-11H2,1-3H3,(H,17,21)(H,19,20). The van der Waals surface area contributed by atoms with Gasteiger partial charge in [-0.25, -0.2) is 0 Å². The van der Waals surface area contributed by atoms with Crippen LogP contribution >= 0.6 is 0 Å². The Labute approximate surface area is 126 Å². The van der Waals surface area contributed by atoms with E-state index in [4.69, 9.17) is 0 Å². The van der Waals surface area contributed by atoms with Gasteiger partial charge in [-0.1, -0.05) is 32.0 Å². The van der Waals surface area contributed by atoms with Crippen molar-refractivity contribution in [3.05, 3.63) is 29.8 Å². The molecule has 0 bridgehead atoms. The highest BCUT2D eigenvalue weighted by Crippen LogP contribution is 2.16. The molecule has 0 aliphatic carbocycles. The van der Waals surface area contributed by atoms with Crippen molar-refractivity contribution >= 4 is 17.5 Å². The monoisotopic (exact) mass is 291 g/mol. The Morgan fingerprint density at radius 2 is 1.86 bits per heavy atom. The number of hydrogen-bond donors (Lipinski definition) is 3. The highest BCUT2D eigenvalue weighted by atomic mass is 16.2. The fourth-order valence-electron chi connectivity index (χ4n) is 1.91. The van der Waals surface area contributed by atoms with Gasteiger partial charge in [0.25, 0.3) is 0 Å². The number of anilines is 1. The lowest BCUT2D eigenvalue weighted by Gasteiger charge is -2.11. The average molecular weight is 291 g/mol. The number of rotatable bonds is 8. The van der Waals surface area contributed by atoms with Crippen LogP contribution in [0.1, 0.15) is 32.3 Å². The number of hydrogen-bond acceptors (Lipinski definition) is 3. The zero-order valence-electron chi connectivity index (χ0n) is 13.0. The quantitative estimate of drug-likeness (QED) is 0.638. The molecule has 5 nitrogen and oxygen atoms in total. The van der Waals surface area contributed by atoms with E-state index >= 15 is 0 Å². The van der Waals surface area contributed by atoms with Crippen LogP contribution in [0.15, 0.2) is 24.3 Å². The largest absolute Gasteiger partial charge is 0.359 e. The summed E-state index contributed by atoms with van der Waals surface area (Å²) in [6, 6.07) is 7.82. The van der Waals surface area contributed by atoms with Gasteiger partial charge in [0.15, 0.2) is 0 Å². The first-order valence-electron chi connectivity index (χ1n) is 7.34. The van der Waals surface area contributed by atoms with Crippen LogP contribution in [0.4, 0.5) is 5.69 Å². The predicted molar refractivity (Wildman–Crippen MR) is 85.2 cm³/mol. The highest BCUT2D eigenvalue weighted by molar-refractivity contribution is 5.92. The molecule has 0 unspecified atom stereocenters. The molecule has 1 aromatic carbocycles. The van der Waals surface area contributed by atoms with Crippen LogP contribution in [0, 0.1) is 0 Å². The van der Waals surface area contributed by atoms with Crippen molar-refractivity contribution < 1.29 is 9.59 Å². The molecular formula is C16H25N3O2. The summed E-state index contributed by atoms with van der Waals surface area (Å²) in [6.07, 6.45) is 1.53. The van der Waals surface area contributed by atoms with Crippen molar-refractivity contribution in [1.29, 1.82) is 0 Å². The van der Waals surface area contributed by atoms with Crippen LogP contribution in [-0.2, 0) is 16.0 Å². The van der Waals surface area contributed by atoms with Crippen LogP contribution in [0.2, 0.25) is 0 Å². The third-order valence-corrected chi connectivity index (χ3v) is 3.05. The van der Waals surface area contributed by atoms with E-state index in [0.717, 1.165) is 18.5 Å². The van der Waals surface area contributed by atoms with E-state index in [2.05, 4.69) is 29.8 Å². The second-order valence-corrected chi connectivity index (χ2v) is 5.27. The van der Waals surface area contributed by atoms with E-state index in [0.29, 0.717) is 18.2 Å². The number of nitrogens with one attached hydrogen (secondary N) is 3. The maximum absolute atomic E-state index is 11.9. The van der Waals surface area contributed by atoms with Gasteiger partial charge in [0, 0.05) is 25.2 Å². The molecular weight excluding hydrogens is 266 g/mol. The smallest absolute Gasteiger partial charge is 0.224 e. The molecule has 21 heavy (non-hydrogen) atoms. The number of amides is 2. The van der Waals surface area contributed by atoms with Crippen molar-refractivity contribution in [3.8, 4) is 0 Å². The van der Waals surface area contributed by atoms with E-state index in [9.17, 15) is 9.59 Å². The SMILES string of the molecule is CNC(=O)Cc1ccccc1NC(=O)CCCNC(C)C. The zero-order chi connectivity index (χ0) is 15.7. The van der Waals surface area contributed by atoms with E-state index in [1.165, 1.54) is 0 Å². The minimum absolute atomic E-state index is 0.0232. The minimum atomic E-state index is -0.0715. The molecule has 116 valence electrons. The third kappa shape index (κ3) is 6.90. The molecule has 1 aromatic rings. The van der Waals surface area contributed by atoms with Crippen molar-refractivity contribution in [1.82, 2.24) is 10.6 Å². The average Bonchev–Trinajstić information content (AvgIpc) is 2.45. The molecule has 2 amide bonds. The molecule has 0 radical (unpaired) electrons. The Morgan fingerprint density at radius 1 is 1.14 bits per heavy atom. The van der Waals surface area contributed by atoms with Crippen LogP contribution < -0.4 is 16.0 Å². The summed E-state index contributed by atoms with van der Waals surface area (Å²) >= 11 is 0. The van der Waals surface area contributed by atoms with Gasteiger partial charge >= 0.3 is 0 Å². The second-order valence-electron chi connectivity index (χ2n) is 5.27. The van der Waals surface area contributed by atoms with E-state index in [-0.39, 0.29) is 18.2 Å². The molecule has 3 N–H and O–H groups in total. The molecule has 0 aromatic heterocycles. The van der Waals surface area contributed by atoms with Gasteiger partial charge in [-0.15, -0.1) is 0 Å². The first kappa shape index (κ1) is 17.2. The zero-order valence-corrected chi connectivity index (χ0v) is 13.0. The van der Waals surface area contributed by atoms with Crippen molar-refractivity contribution in [2.75, 3.05) is 18.9 Å². The lowest BCUT2D eigenvalue weighted by molar-refractivity contribution is -0.120. The molecule has 0 fully saturated rings. The van der Waals surface area contributed by atoms with Crippen LogP contribution in [0.3, 0.4) is 0 Å².